The number of nitrogens with zero attached hydrogens (tertiary/aromatic N) is 1. The van der Waals surface area contributed by atoms with Crippen LogP contribution in [0.2, 0.25) is 5.02 Å². The molecule has 1 N–H and O–H groups in total. The average molecular weight is 308 g/mol. The molecular formula is C15H14ClNO4. The first-order valence-corrected chi connectivity index (χ1v) is 6.37. The molecule has 0 aliphatic heterocycles. The lowest BCUT2D eigenvalue weighted by molar-refractivity contribution is -0.385. The van der Waals surface area contributed by atoms with Gasteiger partial charge in [-0.1, -0.05) is 41.9 Å². The molecule has 0 saturated heterocycles. The first kappa shape index (κ1) is 16.8. The number of carbonyl (C=O) groups is 1. The molecule has 21 heavy (non-hydrogen) atoms. The molecule has 0 aliphatic rings. The molecular weight excluding hydrogens is 294 g/mol. The van der Waals surface area contributed by atoms with E-state index in [4.69, 9.17) is 16.7 Å². The molecule has 0 amide bonds. The lowest BCUT2D eigenvalue weighted by Gasteiger charge is -2.06. The van der Waals surface area contributed by atoms with Crippen LogP contribution in [0.15, 0.2) is 42.5 Å². The van der Waals surface area contributed by atoms with Crippen molar-refractivity contribution in [3.63, 3.8) is 0 Å². The fourth-order valence-electron chi connectivity index (χ4n) is 1.84. The van der Waals surface area contributed by atoms with Crippen molar-refractivity contribution in [3.05, 3.63) is 74.3 Å². The predicted molar refractivity (Wildman–Crippen MR) is 80.9 cm³/mol. The van der Waals surface area contributed by atoms with Crippen LogP contribution in [-0.2, 0) is 0 Å². The molecule has 5 nitrogen and oxygen atoms in total. The molecule has 110 valence electrons. The van der Waals surface area contributed by atoms with Gasteiger partial charge in [-0.3, -0.25) is 14.9 Å². The lowest BCUT2D eigenvalue weighted by atomic mass is 9.98. The number of aliphatic hydroxyl groups is 1. The van der Waals surface area contributed by atoms with Crippen molar-refractivity contribution in [2.75, 3.05) is 7.11 Å². The summed E-state index contributed by atoms with van der Waals surface area (Å²) < 4.78 is 0. The van der Waals surface area contributed by atoms with Gasteiger partial charge in [-0.05, 0) is 13.0 Å². The van der Waals surface area contributed by atoms with Gasteiger partial charge in [-0.25, -0.2) is 0 Å². The Morgan fingerprint density at radius 1 is 1.19 bits per heavy atom. The van der Waals surface area contributed by atoms with Gasteiger partial charge in [0.1, 0.15) is 0 Å². The second-order valence-electron chi connectivity index (χ2n) is 4.05. The third-order valence-electron chi connectivity index (χ3n) is 2.82. The van der Waals surface area contributed by atoms with Gasteiger partial charge >= 0.3 is 0 Å². The zero-order valence-electron chi connectivity index (χ0n) is 11.5. The van der Waals surface area contributed by atoms with Crippen molar-refractivity contribution in [2.45, 2.75) is 6.92 Å². The quantitative estimate of drug-likeness (QED) is 0.535. The highest BCUT2D eigenvalue weighted by molar-refractivity contribution is 6.31. The summed E-state index contributed by atoms with van der Waals surface area (Å²) in [5, 5.41) is 18.1. The maximum atomic E-state index is 12.3. The summed E-state index contributed by atoms with van der Waals surface area (Å²) in [7, 11) is 1.00. The monoisotopic (exact) mass is 307 g/mol. The van der Waals surface area contributed by atoms with Gasteiger partial charge in [0.25, 0.3) is 5.69 Å². The van der Waals surface area contributed by atoms with Gasteiger partial charge in [0.05, 0.1) is 4.92 Å². The van der Waals surface area contributed by atoms with Crippen molar-refractivity contribution in [2.24, 2.45) is 0 Å². The van der Waals surface area contributed by atoms with Gasteiger partial charge in [0, 0.05) is 34.9 Å². The summed E-state index contributed by atoms with van der Waals surface area (Å²) in [6.45, 7) is 1.55. The van der Waals surface area contributed by atoms with Gasteiger partial charge in [-0.2, -0.15) is 0 Å². The Labute approximate surface area is 127 Å². The third-order valence-corrected chi connectivity index (χ3v) is 3.04. The second kappa shape index (κ2) is 7.52. The van der Waals surface area contributed by atoms with E-state index in [2.05, 4.69) is 0 Å². The molecule has 0 fully saturated rings. The molecule has 2 rings (SSSR count). The molecule has 0 bridgehead atoms. The van der Waals surface area contributed by atoms with Gasteiger partial charge in [-0.15, -0.1) is 0 Å². The summed E-state index contributed by atoms with van der Waals surface area (Å²) in [5.74, 6) is -0.274. The Kier molecular flexibility index (Phi) is 6.02. The first-order chi connectivity index (χ1) is 10.0. The van der Waals surface area contributed by atoms with Crippen LogP contribution in [0.4, 0.5) is 5.69 Å². The summed E-state index contributed by atoms with van der Waals surface area (Å²) in [5.41, 5.74) is 0.905. The predicted octanol–water partition coefficient (Wildman–Crippen LogP) is 3.40. The molecule has 0 atom stereocenters. The van der Waals surface area contributed by atoms with Crippen LogP contribution in [0.3, 0.4) is 0 Å². The highest BCUT2D eigenvalue weighted by atomic mass is 35.5. The summed E-state index contributed by atoms with van der Waals surface area (Å²) in [6, 6.07) is 11.3. The zero-order valence-corrected chi connectivity index (χ0v) is 12.3. The van der Waals surface area contributed by atoms with Crippen LogP contribution >= 0.6 is 11.6 Å². The number of halogens is 1. The van der Waals surface area contributed by atoms with E-state index in [1.165, 1.54) is 12.1 Å². The highest BCUT2D eigenvalue weighted by Crippen LogP contribution is 2.28. The van der Waals surface area contributed by atoms with Crippen LogP contribution < -0.4 is 0 Å². The van der Waals surface area contributed by atoms with E-state index < -0.39 is 4.92 Å². The summed E-state index contributed by atoms with van der Waals surface area (Å²) in [4.78, 5) is 22.7. The number of ketones is 1. The average Bonchev–Trinajstić information content (AvgIpc) is 2.51. The second-order valence-corrected chi connectivity index (χ2v) is 4.49. The van der Waals surface area contributed by atoms with Crippen LogP contribution in [-0.4, -0.2) is 22.9 Å². The molecule has 2 aromatic carbocycles. The SMILES string of the molecule is CO.Cc1c(C(=O)c2ccccc2)cc(Cl)cc1[N+](=O)[O-]. The number of carbonyl (C=O) groups excluding carboxylic acids is 1. The normalized spacial score (nSPS) is 9.52. The molecule has 2 aromatic rings. The molecule has 0 radical (unpaired) electrons. The van der Waals surface area contributed by atoms with E-state index in [1.54, 1.807) is 37.3 Å². The van der Waals surface area contributed by atoms with Crippen molar-refractivity contribution in [1.29, 1.82) is 0 Å². The van der Waals surface area contributed by atoms with Gasteiger partial charge in [0.15, 0.2) is 5.78 Å². The first-order valence-electron chi connectivity index (χ1n) is 5.99. The van der Waals surface area contributed by atoms with Crippen LogP contribution in [0.5, 0.6) is 0 Å². The number of nitro benzene ring substituents is 1. The van der Waals surface area contributed by atoms with Crippen LogP contribution in [0, 0.1) is 17.0 Å². The molecule has 0 heterocycles. The topological polar surface area (TPSA) is 80.4 Å². The van der Waals surface area contributed by atoms with Crippen molar-refractivity contribution >= 4 is 23.1 Å². The van der Waals surface area contributed by atoms with E-state index in [9.17, 15) is 14.9 Å². The minimum absolute atomic E-state index is 0.146. The van der Waals surface area contributed by atoms with E-state index in [0.29, 0.717) is 11.1 Å². The number of benzene rings is 2. The molecule has 0 saturated carbocycles. The fraction of sp³-hybridized carbons (Fsp3) is 0.133. The number of hydrogen-bond donors (Lipinski definition) is 1. The molecule has 0 spiro atoms. The minimum Gasteiger partial charge on any atom is -0.400 e. The highest BCUT2D eigenvalue weighted by Gasteiger charge is 2.20. The minimum atomic E-state index is -0.539. The zero-order chi connectivity index (χ0) is 16.0. The van der Waals surface area contributed by atoms with Gasteiger partial charge < -0.3 is 5.11 Å². The maximum Gasteiger partial charge on any atom is 0.274 e. The van der Waals surface area contributed by atoms with E-state index >= 15 is 0 Å². The summed E-state index contributed by atoms with van der Waals surface area (Å²) in [6.07, 6.45) is 0. The number of hydrogen-bond acceptors (Lipinski definition) is 4. The Morgan fingerprint density at radius 2 is 1.76 bits per heavy atom. The van der Waals surface area contributed by atoms with Gasteiger partial charge in [0.2, 0.25) is 0 Å². The third kappa shape index (κ3) is 3.87. The molecule has 0 aliphatic carbocycles. The van der Waals surface area contributed by atoms with E-state index in [-0.39, 0.29) is 22.1 Å². The lowest BCUT2D eigenvalue weighted by Crippen LogP contribution is -2.05. The van der Waals surface area contributed by atoms with Crippen LogP contribution in [0.1, 0.15) is 21.5 Å². The fourth-order valence-corrected chi connectivity index (χ4v) is 2.05. The number of aliphatic hydroxyl groups excluding tert-OH is 1. The smallest absolute Gasteiger partial charge is 0.274 e. The maximum absolute atomic E-state index is 12.3. The van der Waals surface area contributed by atoms with Crippen molar-refractivity contribution < 1.29 is 14.8 Å². The number of rotatable bonds is 3. The van der Waals surface area contributed by atoms with E-state index in [1.807, 2.05) is 0 Å². The Hall–Kier alpha value is -2.24. The van der Waals surface area contributed by atoms with Crippen molar-refractivity contribution in [1.82, 2.24) is 0 Å². The van der Waals surface area contributed by atoms with E-state index in [0.717, 1.165) is 7.11 Å². The molecule has 6 heteroatoms. The summed E-state index contributed by atoms with van der Waals surface area (Å²) >= 11 is 5.84. The largest absolute Gasteiger partial charge is 0.400 e. The van der Waals surface area contributed by atoms with Crippen molar-refractivity contribution in [3.8, 4) is 0 Å². The Bertz CT molecular complexity index is 656. The molecule has 0 unspecified atom stereocenters. The number of nitro groups is 1. The van der Waals surface area contributed by atoms with Crippen LogP contribution in [0.25, 0.3) is 0 Å². The molecule has 0 aromatic heterocycles. The Balaban J connectivity index is 0.00000106. The Morgan fingerprint density at radius 3 is 2.29 bits per heavy atom. The standard InChI is InChI=1S/C14H10ClNO3.CH4O/c1-9-12(7-11(15)8-13(9)16(18)19)14(17)10-5-3-2-4-6-10;1-2/h2-8H,1H3;2H,1H3.